The number of hydrogen-bond acceptors (Lipinski definition) is 5. The van der Waals surface area contributed by atoms with Crippen LogP contribution in [0.25, 0.3) is 22.6 Å². The fraction of sp³-hybridized carbons (Fsp3) is 0.231. The molecule has 8 nitrogen and oxygen atoms in total. The molecule has 0 spiro atoms. The number of fused-ring (bicyclic) bond motifs is 3. The first-order chi connectivity index (χ1) is 18.2. The molecule has 1 aliphatic rings. The van der Waals surface area contributed by atoms with E-state index in [2.05, 4.69) is 25.6 Å². The Kier molecular flexibility index (Phi) is 5.55. The van der Waals surface area contributed by atoms with E-state index in [1.165, 1.54) is 12.1 Å². The number of aryl methyl sites for hydroxylation is 2. The minimum Gasteiger partial charge on any atom is -0.341 e. The molecule has 1 atom stereocenters. The smallest absolute Gasteiger partial charge is 0.334 e. The Hall–Kier alpha value is -4.48. The van der Waals surface area contributed by atoms with Crippen molar-refractivity contribution in [1.82, 2.24) is 34.1 Å². The van der Waals surface area contributed by atoms with Crippen LogP contribution in [0.1, 0.15) is 17.0 Å². The van der Waals surface area contributed by atoms with Gasteiger partial charge in [0.05, 0.1) is 30.5 Å². The Bertz CT molecular complexity index is 1650. The van der Waals surface area contributed by atoms with Gasteiger partial charge in [0.15, 0.2) is 5.82 Å². The molecule has 1 N–H and O–H groups in total. The van der Waals surface area contributed by atoms with Gasteiger partial charge in [-0.2, -0.15) is 13.9 Å². The van der Waals surface area contributed by atoms with Crippen molar-refractivity contribution >= 4 is 11.6 Å². The van der Waals surface area contributed by atoms with E-state index in [1.807, 2.05) is 19.1 Å². The lowest BCUT2D eigenvalue weighted by atomic mass is 10.0. The molecule has 5 aromatic rings. The van der Waals surface area contributed by atoms with Crippen molar-refractivity contribution in [3.8, 4) is 22.6 Å². The normalized spacial score (nSPS) is 15.2. The van der Waals surface area contributed by atoms with Crippen molar-refractivity contribution in [2.75, 3.05) is 5.32 Å². The van der Waals surface area contributed by atoms with Gasteiger partial charge in [-0.25, -0.2) is 13.8 Å². The zero-order valence-corrected chi connectivity index (χ0v) is 20.4. The van der Waals surface area contributed by atoms with Crippen LogP contribution in [0.3, 0.4) is 0 Å². The summed E-state index contributed by atoms with van der Waals surface area (Å²) in [4.78, 5) is 4.43. The van der Waals surface area contributed by atoms with Gasteiger partial charge in [0.25, 0.3) is 0 Å². The highest BCUT2D eigenvalue weighted by atomic mass is 19.3. The highest BCUT2D eigenvalue weighted by Gasteiger charge is 2.43. The van der Waals surface area contributed by atoms with Gasteiger partial charge in [-0.3, -0.25) is 4.68 Å². The summed E-state index contributed by atoms with van der Waals surface area (Å²) in [5, 5.41) is 15.1. The SMILES string of the molecule is Cc1cnc(Nc2ccnn2C)cc1-c1cc2n(c1)C[C@H](F)Cn1c-2nnc1C(F)(F)c1ccccc1F. The van der Waals surface area contributed by atoms with E-state index in [9.17, 15) is 4.39 Å². The van der Waals surface area contributed by atoms with E-state index < -0.39 is 29.3 Å². The minimum atomic E-state index is -3.81. The minimum absolute atomic E-state index is 0.0618. The summed E-state index contributed by atoms with van der Waals surface area (Å²) in [6.45, 7) is 1.45. The van der Waals surface area contributed by atoms with Crippen molar-refractivity contribution in [2.45, 2.75) is 32.1 Å². The molecular weight excluding hydrogens is 500 g/mol. The summed E-state index contributed by atoms with van der Waals surface area (Å²) in [6, 6.07) is 10.0. The fourth-order valence-corrected chi connectivity index (χ4v) is 4.73. The Morgan fingerprint density at radius 1 is 1.08 bits per heavy atom. The van der Waals surface area contributed by atoms with Crippen LogP contribution in [0, 0.1) is 12.7 Å². The number of alkyl halides is 3. The van der Waals surface area contributed by atoms with E-state index >= 15 is 13.2 Å². The van der Waals surface area contributed by atoms with Crippen LogP contribution in [0.5, 0.6) is 0 Å². The molecule has 0 aliphatic carbocycles. The Morgan fingerprint density at radius 3 is 2.66 bits per heavy atom. The second-order valence-corrected chi connectivity index (χ2v) is 9.23. The molecular formula is C26H22F4N8. The molecule has 6 rings (SSSR count). The van der Waals surface area contributed by atoms with E-state index in [-0.39, 0.29) is 18.9 Å². The summed E-state index contributed by atoms with van der Waals surface area (Å²) in [5.74, 6) is -4.28. The average Bonchev–Trinajstić information content (AvgIpc) is 3.58. The number of pyridine rings is 1. The number of halogens is 4. The number of aromatic nitrogens is 7. The molecule has 0 amide bonds. The molecule has 38 heavy (non-hydrogen) atoms. The summed E-state index contributed by atoms with van der Waals surface area (Å²) < 4.78 is 64.6. The number of rotatable bonds is 5. The highest BCUT2D eigenvalue weighted by molar-refractivity contribution is 5.75. The predicted molar refractivity (Wildman–Crippen MR) is 132 cm³/mol. The molecule has 0 fully saturated rings. The van der Waals surface area contributed by atoms with E-state index in [4.69, 9.17) is 0 Å². The van der Waals surface area contributed by atoms with Crippen molar-refractivity contribution in [3.05, 3.63) is 83.8 Å². The second kappa shape index (κ2) is 8.82. The largest absolute Gasteiger partial charge is 0.341 e. The average molecular weight is 523 g/mol. The summed E-state index contributed by atoms with van der Waals surface area (Å²) in [6.07, 6.45) is 3.64. The van der Waals surface area contributed by atoms with Gasteiger partial charge in [-0.15, -0.1) is 10.2 Å². The first-order valence-electron chi connectivity index (χ1n) is 11.9. The lowest BCUT2D eigenvalue weighted by Gasteiger charge is -2.18. The maximum Gasteiger partial charge on any atom is 0.334 e. The third-order valence-corrected chi connectivity index (χ3v) is 6.64. The lowest BCUT2D eigenvalue weighted by Crippen LogP contribution is -2.25. The van der Waals surface area contributed by atoms with E-state index in [0.29, 0.717) is 11.5 Å². The van der Waals surface area contributed by atoms with Gasteiger partial charge in [0.1, 0.15) is 23.6 Å². The first-order valence-corrected chi connectivity index (χ1v) is 11.9. The molecule has 1 aromatic carbocycles. The second-order valence-electron chi connectivity index (χ2n) is 9.23. The quantitative estimate of drug-likeness (QED) is 0.320. The molecule has 1 aliphatic heterocycles. The van der Waals surface area contributed by atoms with Crippen LogP contribution < -0.4 is 5.32 Å². The summed E-state index contributed by atoms with van der Waals surface area (Å²) >= 11 is 0. The lowest BCUT2D eigenvalue weighted by molar-refractivity contribution is 0.0238. The molecule has 0 radical (unpaired) electrons. The Labute approximate surface area is 214 Å². The Morgan fingerprint density at radius 2 is 1.89 bits per heavy atom. The molecule has 0 unspecified atom stereocenters. The molecule has 0 saturated heterocycles. The molecule has 0 bridgehead atoms. The maximum absolute atomic E-state index is 15.4. The number of nitrogens with zero attached hydrogens (tertiary/aromatic N) is 7. The van der Waals surface area contributed by atoms with Crippen LogP contribution in [0.2, 0.25) is 0 Å². The summed E-state index contributed by atoms with van der Waals surface area (Å²) in [5.41, 5.74) is 2.02. The van der Waals surface area contributed by atoms with Gasteiger partial charge in [0.2, 0.25) is 5.82 Å². The molecule has 0 saturated carbocycles. The number of nitrogens with one attached hydrogen (secondary N) is 1. The monoisotopic (exact) mass is 522 g/mol. The molecule has 4 aromatic heterocycles. The van der Waals surface area contributed by atoms with E-state index in [1.54, 1.807) is 41.0 Å². The number of hydrogen-bond donors (Lipinski definition) is 1. The van der Waals surface area contributed by atoms with Crippen LogP contribution in [0.4, 0.5) is 29.2 Å². The van der Waals surface area contributed by atoms with Crippen molar-refractivity contribution < 1.29 is 17.6 Å². The zero-order valence-electron chi connectivity index (χ0n) is 20.4. The van der Waals surface area contributed by atoms with Crippen molar-refractivity contribution in [1.29, 1.82) is 0 Å². The van der Waals surface area contributed by atoms with Crippen LogP contribution in [0.15, 0.2) is 61.1 Å². The summed E-state index contributed by atoms with van der Waals surface area (Å²) in [7, 11) is 1.80. The van der Waals surface area contributed by atoms with Gasteiger partial charge < -0.3 is 14.5 Å². The topological polar surface area (TPSA) is 78.4 Å². The fourth-order valence-electron chi connectivity index (χ4n) is 4.73. The molecule has 5 heterocycles. The van der Waals surface area contributed by atoms with E-state index in [0.717, 1.165) is 39.2 Å². The predicted octanol–water partition coefficient (Wildman–Crippen LogP) is 5.23. The van der Waals surface area contributed by atoms with Gasteiger partial charge in [-0.05, 0) is 42.3 Å². The first kappa shape index (κ1) is 23.9. The number of anilines is 2. The van der Waals surface area contributed by atoms with Gasteiger partial charge in [0, 0.05) is 31.1 Å². The maximum atomic E-state index is 15.4. The van der Waals surface area contributed by atoms with Gasteiger partial charge >= 0.3 is 5.92 Å². The standard InChI is InChI=1S/C26H22F4N8/c1-15-11-31-22(33-23-7-8-32-36(23)2)10-18(15)16-9-21-24-34-35-25(38(24)14-17(27)13-37(21)12-16)26(29,30)19-5-3-4-6-20(19)28/h3-12,17H,13-14H2,1-2H3,(H,31,33)/t17-/m0/s1. The zero-order chi connectivity index (χ0) is 26.6. The van der Waals surface area contributed by atoms with Crippen molar-refractivity contribution in [2.24, 2.45) is 7.05 Å². The van der Waals surface area contributed by atoms with Crippen LogP contribution >= 0.6 is 0 Å². The Balaban J connectivity index is 1.42. The highest BCUT2D eigenvalue weighted by Crippen LogP contribution is 2.40. The molecule has 12 heteroatoms. The molecule has 194 valence electrons. The third kappa shape index (κ3) is 3.92. The van der Waals surface area contributed by atoms with Crippen LogP contribution in [-0.2, 0) is 26.1 Å². The third-order valence-electron chi connectivity index (χ3n) is 6.64. The number of benzene rings is 1. The van der Waals surface area contributed by atoms with Gasteiger partial charge in [-0.1, -0.05) is 12.1 Å². The van der Waals surface area contributed by atoms with Crippen LogP contribution in [-0.4, -0.2) is 40.3 Å². The van der Waals surface area contributed by atoms with Crippen molar-refractivity contribution in [3.63, 3.8) is 0 Å².